The second kappa shape index (κ2) is 6.16. The molecule has 2 aliphatic rings. The number of amides is 1. The van der Waals surface area contributed by atoms with Gasteiger partial charge in [-0.05, 0) is 41.9 Å². The molecule has 0 heterocycles. The van der Waals surface area contributed by atoms with E-state index in [1.54, 1.807) is 24.3 Å². The lowest BCUT2D eigenvalue weighted by Gasteiger charge is -2.37. The first-order valence-corrected chi connectivity index (χ1v) is 10.5. The maximum Gasteiger partial charge on any atom is 0.248 e. The number of fused-ring (bicyclic) bond motifs is 2. The van der Waals surface area contributed by atoms with Gasteiger partial charge in [0.25, 0.3) is 0 Å². The van der Waals surface area contributed by atoms with Gasteiger partial charge in [-0.1, -0.05) is 26.0 Å². The quantitative estimate of drug-likeness (QED) is 0.818. The zero-order valence-electron chi connectivity index (χ0n) is 15.5. The predicted molar refractivity (Wildman–Crippen MR) is 98.8 cm³/mol. The Morgan fingerprint density at radius 2 is 1.88 bits per heavy atom. The molecule has 0 aliphatic heterocycles. The lowest BCUT2D eigenvalue weighted by Crippen LogP contribution is -2.45. The molecule has 2 N–H and O–H groups in total. The van der Waals surface area contributed by atoms with Crippen LogP contribution in [0.2, 0.25) is 0 Å². The van der Waals surface area contributed by atoms with E-state index in [1.165, 1.54) is 11.4 Å². The van der Waals surface area contributed by atoms with E-state index >= 15 is 0 Å². The van der Waals surface area contributed by atoms with Crippen LogP contribution in [0.25, 0.3) is 0 Å². The molecule has 1 amide bonds. The molecule has 6 nitrogen and oxygen atoms in total. The van der Waals surface area contributed by atoms with Crippen LogP contribution in [-0.4, -0.2) is 37.2 Å². The lowest BCUT2D eigenvalue weighted by molar-refractivity contribution is -0.128. The van der Waals surface area contributed by atoms with Crippen LogP contribution in [0.1, 0.15) is 49.0 Å². The number of benzene rings is 1. The second-order valence-electron chi connectivity index (χ2n) is 8.24. The lowest BCUT2D eigenvalue weighted by atomic mass is 9.70. The molecule has 2 aliphatic carbocycles. The van der Waals surface area contributed by atoms with Crippen molar-refractivity contribution in [3.8, 4) is 0 Å². The first kappa shape index (κ1) is 19.0. The molecular formula is C19H26N2O4S. The van der Waals surface area contributed by atoms with Crippen LogP contribution in [0.4, 0.5) is 0 Å². The number of rotatable bonds is 6. The number of nitrogens with two attached hydrogens (primary N) is 1. The number of carbonyl (C=O) groups is 2. The highest BCUT2D eigenvalue weighted by Crippen LogP contribution is 2.64. The number of sulfonamides is 1. The van der Waals surface area contributed by atoms with Gasteiger partial charge in [0.15, 0.2) is 0 Å². The molecule has 2 fully saturated rings. The van der Waals surface area contributed by atoms with Crippen molar-refractivity contribution in [2.45, 2.75) is 39.7 Å². The molecule has 0 saturated heterocycles. The van der Waals surface area contributed by atoms with Crippen LogP contribution >= 0.6 is 0 Å². The summed E-state index contributed by atoms with van der Waals surface area (Å²) >= 11 is 0. The summed E-state index contributed by atoms with van der Waals surface area (Å²) in [4.78, 5) is 23.7. The fourth-order valence-corrected chi connectivity index (χ4v) is 6.53. The molecule has 0 spiro atoms. The smallest absolute Gasteiger partial charge is 0.248 e. The van der Waals surface area contributed by atoms with Gasteiger partial charge in [0, 0.05) is 31.0 Å². The zero-order valence-corrected chi connectivity index (χ0v) is 16.3. The van der Waals surface area contributed by atoms with E-state index in [0.29, 0.717) is 18.4 Å². The molecule has 2 atom stereocenters. The summed E-state index contributed by atoms with van der Waals surface area (Å²) in [7, 11) is -2.06. The van der Waals surface area contributed by atoms with Gasteiger partial charge in [0.05, 0.1) is 5.75 Å². The third-order valence-corrected chi connectivity index (χ3v) is 8.62. The Balaban J connectivity index is 1.77. The molecule has 0 radical (unpaired) electrons. The predicted octanol–water partition coefficient (Wildman–Crippen LogP) is 1.94. The summed E-state index contributed by atoms with van der Waals surface area (Å²) in [5.74, 6) is -0.258. The Kier molecular flexibility index (Phi) is 4.51. The van der Waals surface area contributed by atoms with Crippen molar-refractivity contribution in [2.75, 3.05) is 12.8 Å². The number of nitrogens with zero attached hydrogens (tertiary/aromatic N) is 1. The summed E-state index contributed by atoms with van der Waals surface area (Å²) in [5, 5.41) is 0. The van der Waals surface area contributed by atoms with Gasteiger partial charge in [-0.25, -0.2) is 12.7 Å². The molecule has 0 aromatic heterocycles. The van der Waals surface area contributed by atoms with Gasteiger partial charge < -0.3 is 5.73 Å². The molecule has 1 aromatic carbocycles. The molecule has 1 aromatic rings. The molecule has 7 heteroatoms. The molecule has 2 unspecified atom stereocenters. The normalized spacial score (nSPS) is 27.2. The van der Waals surface area contributed by atoms with Gasteiger partial charge >= 0.3 is 0 Å². The second-order valence-corrected chi connectivity index (χ2v) is 10.3. The summed E-state index contributed by atoms with van der Waals surface area (Å²) in [6.07, 6.45) is 2.08. The number of hydrogen-bond acceptors (Lipinski definition) is 4. The molecule has 2 bridgehead atoms. The molecule has 3 rings (SSSR count). The van der Waals surface area contributed by atoms with Crippen LogP contribution in [-0.2, 0) is 21.4 Å². The number of primary amides is 1. The average Bonchev–Trinajstić information content (AvgIpc) is 2.89. The largest absolute Gasteiger partial charge is 0.366 e. The first-order chi connectivity index (χ1) is 12.0. The van der Waals surface area contributed by atoms with Gasteiger partial charge in [-0.2, -0.15) is 0 Å². The zero-order chi connectivity index (χ0) is 19.3. The number of hydrogen-bond donors (Lipinski definition) is 1. The highest BCUT2D eigenvalue weighted by Gasteiger charge is 2.65. The fourth-order valence-electron chi connectivity index (χ4n) is 4.66. The van der Waals surface area contributed by atoms with E-state index in [0.717, 1.165) is 12.0 Å². The third-order valence-electron chi connectivity index (χ3n) is 6.69. The summed E-state index contributed by atoms with van der Waals surface area (Å²) in [5.41, 5.74) is 5.33. The van der Waals surface area contributed by atoms with E-state index in [2.05, 4.69) is 0 Å². The van der Waals surface area contributed by atoms with Crippen LogP contribution in [0.5, 0.6) is 0 Å². The van der Waals surface area contributed by atoms with Crippen LogP contribution in [0, 0.1) is 16.7 Å². The van der Waals surface area contributed by atoms with E-state index < -0.39 is 21.3 Å². The van der Waals surface area contributed by atoms with E-state index in [1.807, 2.05) is 13.8 Å². The highest BCUT2D eigenvalue weighted by molar-refractivity contribution is 7.89. The number of ketones is 1. The minimum Gasteiger partial charge on any atom is -0.366 e. The Labute approximate surface area is 154 Å². The van der Waals surface area contributed by atoms with Crippen molar-refractivity contribution in [1.29, 1.82) is 0 Å². The SMILES string of the molecule is CN(Cc1ccc(C(N)=O)cc1)S(=O)(=O)CC12CCC(CC1=O)C2(C)C. The van der Waals surface area contributed by atoms with Crippen molar-refractivity contribution >= 4 is 21.7 Å². The van der Waals surface area contributed by atoms with Crippen molar-refractivity contribution < 1.29 is 18.0 Å². The Bertz CT molecular complexity index is 845. The summed E-state index contributed by atoms with van der Waals surface area (Å²) in [6, 6.07) is 6.56. The molecule has 2 saturated carbocycles. The van der Waals surface area contributed by atoms with Crippen molar-refractivity contribution in [3.63, 3.8) is 0 Å². The first-order valence-electron chi connectivity index (χ1n) is 8.86. The third kappa shape index (κ3) is 2.87. The number of Topliss-reactive ketones (excluding diaryl/α,β-unsaturated/α-hetero) is 1. The number of carbonyl (C=O) groups excluding carboxylic acids is 2. The minimum atomic E-state index is -3.60. The highest BCUT2D eigenvalue weighted by atomic mass is 32.2. The summed E-state index contributed by atoms with van der Waals surface area (Å²) < 4.78 is 27.3. The minimum absolute atomic E-state index is 0.0986. The van der Waals surface area contributed by atoms with Crippen LogP contribution in [0.3, 0.4) is 0 Å². The van der Waals surface area contributed by atoms with Crippen LogP contribution in [0.15, 0.2) is 24.3 Å². The monoisotopic (exact) mass is 378 g/mol. The van der Waals surface area contributed by atoms with E-state index in [4.69, 9.17) is 5.73 Å². The van der Waals surface area contributed by atoms with E-state index in [-0.39, 0.29) is 29.4 Å². The standard InChI is InChI=1S/C19H26N2O4S/c1-18(2)15-8-9-19(18,16(22)10-15)12-26(24,25)21(3)11-13-4-6-14(7-5-13)17(20)23/h4-7,15H,8-12H2,1-3H3,(H2,20,23). The average molecular weight is 378 g/mol. The van der Waals surface area contributed by atoms with Crippen molar-refractivity contribution in [1.82, 2.24) is 4.31 Å². The van der Waals surface area contributed by atoms with E-state index in [9.17, 15) is 18.0 Å². The molecule has 26 heavy (non-hydrogen) atoms. The molecular weight excluding hydrogens is 352 g/mol. The Morgan fingerprint density at radius 1 is 1.27 bits per heavy atom. The Hall–Kier alpha value is -1.73. The summed E-state index contributed by atoms with van der Waals surface area (Å²) in [6.45, 7) is 4.26. The molecule has 142 valence electrons. The topological polar surface area (TPSA) is 97.5 Å². The van der Waals surface area contributed by atoms with Crippen molar-refractivity contribution in [2.24, 2.45) is 22.5 Å². The van der Waals surface area contributed by atoms with Gasteiger partial charge in [-0.15, -0.1) is 0 Å². The fraction of sp³-hybridized carbons (Fsp3) is 0.579. The van der Waals surface area contributed by atoms with Crippen LogP contribution < -0.4 is 5.73 Å². The Morgan fingerprint density at radius 3 is 2.35 bits per heavy atom. The van der Waals surface area contributed by atoms with Gasteiger partial charge in [-0.3, -0.25) is 9.59 Å². The maximum absolute atomic E-state index is 13.0. The van der Waals surface area contributed by atoms with Gasteiger partial charge in [0.1, 0.15) is 5.78 Å². The van der Waals surface area contributed by atoms with Gasteiger partial charge in [0.2, 0.25) is 15.9 Å². The maximum atomic E-state index is 13.0. The van der Waals surface area contributed by atoms with Crippen molar-refractivity contribution in [3.05, 3.63) is 35.4 Å².